The Hall–Kier alpha value is -4.44. The van der Waals surface area contributed by atoms with Gasteiger partial charge in [0.25, 0.3) is 5.91 Å². The zero-order chi connectivity index (χ0) is 27.4. The third kappa shape index (κ3) is 5.70. The Labute approximate surface area is 227 Å². The van der Waals surface area contributed by atoms with Crippen molar-refractivity contribution in [3.8, 4) is 17.1 Å². The van der Waals surface area contributed by atoms with E-state index in [9.17, 15) is 9.59 Å². The van der Waals surface area contributed by atoms with Crippen LogP contribution >= 0.6 is 0 Å². The molecule has 1 aliphatic heterocycles. The van der Waals surface area contributed by atoms with Crippen LogP contribution in [0.1, 0.15) is 35.8 Å². The summed E-state index contributed by atoms with van der Waals surface area (Å²) in [5, 5.41) is 6.77. The second-order valence-electron chi connectivity index (χ2n) is 9.80. The number of amides is 2. The summed E-state index contributed by atoms with van der Waals surface area (Å²) in [5.74, 6) is 1.70. The van der Waals surface area contributed by atoms with E-state index in [2.05, 4.69) is 15.6 Å². The van der Waals surface area contributed by atoms with Gasteiger partial charge in [0.1, 0.15) is 22.9 Å². The molecular weight excluding hydrogens is 494 g/mol. The van der Waals surface area contributed by atoms with Crippen LogP contribution in [0, 0.1) is 0 Å². The number of ether oxygens (including phenoxy) is 1. The first-order chi connectivity index (χ1) is 18.9. The molecule has 0 bridgehead atoms. The quantitative estimate of drug-likeness (QED) is 0.258. The summed E-state index contributed by atoms with van der Waals surface area (Å²) < 4.78 is 5.37. The van der Waals surface area contributed by atoms with E-state index in [1.165, 1.54) is 6.92 Å². The Morgan fingerprint density at radius 3 is 2.54 bits per heavy atom. The van der Waals surface area contributed by atoms with Crippen LogP contribution in [0.4, 0.5) is 5.82 Å². The number of aromatic amines is 1. The lowest BCUT2D eigenvalue weighted by molar-refractivity contribution is -0.118. The normalized spacial score (nSPS) is 14.7. The first-order valence-corrected chi connectivity index (χ1v) is 13.0. The minimum Gasteiger partial charge on any atom is -0.497 e. The molecule has 5 rings (SSSR count). The first-order valence-electron chi connectivity index (χ1n) is 13.0. The molecule has 202 valence electrons. The lowest BCUT2D eigenvalue weighted by Crippen LogP contribution is -2.49. The van der Waals surface area contributed by atoms with Crippen molar-refractivity contribution in [2.45, 2.75) is 25.3 Å². The molecule has 0 aliphatic carbocycles. The lowest BCUT2D eigenvalue weighted by atomic mass is 9.82. The number of nitrogens with zero attached hydrogens (tertiary/aromatic N) is 3. The molecule has 1 fully saturated rings. The summed E-state index contributed by atoms with van der Waals surface area (Å²) in [6.45, 7) is 3.46. The van der Waals surface area contributed by atoms with Crippen molar-refractivity contribution in [1.82, 2.24) is 25.2 Å². The zero-order valence-electron chi connectivity index (χ0n) is 22.2. The van der Waals surface area contributed by atoms with E-state index >= 15 is 0 Å². The van der Waals surface area contributed by atoms with Crippen molar-refractivity contribution in [2.24, 2.45) is 5.73 Å². The number of rotatable bonds is 8. The molecule has 0 saturated carbocycles. The molecule has 0 radical (unpaired) electrons. The molecule has 5 N–H and O–H groups in total. The Morgan fingerprint density at radius 1 is 1.05 bits per heavy atom. The second kappa shape index (κ2) is 11.1. The number of hydrogen-bond donors (Lipinski definition) is 4. The van der Waals surface area contributed by atoms with E-state index in [0.717, 1.165) is 16.9 Å². The SMILES string of the molecule is COc1cccc(C2(N)CCN(C(=O)c3cc4c(NCCNC(C)=O)nc(-c5ccccc5)nc4[nH]3)CC2)c1. The Kier molecular flexibility index (Phi) is 7.47. The Balaban J connectivity index is 1.37. The number of carbonyl (C=O) groups excluding carboxylic acids is 2. The molecule has 10 nitrogen and oxygen atoms in total. The van der Waals surface area contributed by atoms with Gasteiger partial charge in [-0.25, -0.2) is 9.97 Å². The van der Waals surface area contributed by atoms with Crippen LogP contribution in [0.3, 0.4) is 0 Å². The highest BCUT2D eigenvalue weighted by Crippen LogP contribution is 2.33. The standard InChI is InChI=1S/C29H33N7O3/c1-19(37)31-13-14-32-26-23-18-24(33-27(23)35-25(34-26)20-7-4-3-5-8-20)28(38)36-15-11-29(30,12-16-36)21-9-6-10-22(17-21)39-2/h3-10,17-18H,11-16,30H2,1-2H3,(H,31,37)(H2,32,33,34,35). The molecule has 4 aromatic rings. The highest BCUT2D eigenvalue weighted by atomic mass is 16.5. The molecule has 2 aromatic carbocycles. The van der Waals surface area contributed by atoms with Gasteiger partial charge in [-0.1, -0.05) is 42.5 Å². The van der Waals surface area contributed by atoms with Gasteiger partial charge < -0.3 is 31.0 Å². The number of nitrogens with one attached hydrogen (secondary N) is 3. The van der Waals surface area contributed by atoms with Crippen LogP contribution in [-0.2, 0) is 10.3 Å². The maximum atomic E-state index is 13.5. The summed E-state index contributed by atoms with van der Waals surface area (Å²) in [6.07, 6.45) is 1.28. The zero-order valence-corrected chi connectivity index (χ0v) is 22.2. The number of benzene rings is 2. The molecule has 0 atom stereocenters. The number of fused-ring (bicyclic) bond motifs is 1. The van der Waals surface area contributed by atoms with Crippen LogP contribution in [0.15, 0.2) is 60.7 Å². The van der Waals surface area contributed by atoms with Crippen LogP contribution in [-0.4, -0.2) is 65.0 Å². The van der Waals surface area contributed by atoms with Crippen LogP contribution < -0.4 is 21.1 Å². The fourth-order valence-corrected chi connectivity index (χ4v) is 4.90. The smallest absolute Gasteiger partial charge is 0.270 e. The summed E-state index contributed by atoms with van der Waals surface area (Å²) >= 11 is 0. The number of hydrogen-bond acceptors (Lipinski definition) is 7. The van der Waals surface area contributed by atoms with Gasteiger partial charge in [0, 0.05) is 44.2 Å². The molecule has 10 heteroatoms. The van der Waals surface area contributed by atoms with Gasteiger partial charge in [0.05, 0.1) is 12.5 Å². The molecule has 2 aromatic heterocycles. The molecule has 0 spiro atoms. The molecule has 0 unspecified atom stereocenters. The van der Waals surface area contributed by atoms with Crippen LogP contribution in [0.25, 0.3) is 22.4 Å². The van der Waals surface area contributed by atoms with Gasteiger partial charge in [0.15, 0.2) is 5.82 Å². The number of H-pyrrole nitrogens is 1. The number of aromatic nitrogens is 3. The molecular formula is C29H33N7O3. The van der Waals surface area contributed by atoms with E-state index in [-0.39, 0.29) is 11.8 Å². The van der Waals surface area contributed by atoms with Gasteiger partial charge in [-0.15, -0.1) is 0 Å². The molecule has 3 heterocycles. The number of piperidine rings is 1. The van der Waals surface area contributed by atoms with Crippen molar-refractivity contribution >= 4 is 28.7 Å². The second-order valence-corrected chi connectivity index (χ2v) is 9.80. The number of anilines is 1. The van der Waals surface area contributed by atoms with E-state index in [1.54, 1.807) is 13.2 Å². The van der Waals surface area contributed by atoms with Gasteiger partial charge in [-0.2, -0.15) is 0 Å². The maximum Gasteiger partial charge on any atom is 0.270 e. The largest absolute Gasteiger partial charge is 0.497 e. The third-order valence-corrected chi connectivity index (χ3v) is 7.13. The first kappa shape index (κ1) is 26.2. The highest BCUT2D eigenvalue weighted by Gasteiger charge is 2.35. The molecule has 2 amide bonds. The number of methoxy groups -OCH3 is 1. The Bertz CT molecular complexity index is 1480. The molecule has 1 aliphatic rings. The highest BCUT2D eigenvalue weighted by molar-refractivity contribution is 6.00. The topological polar surface area (TPSA) is 138 Å². The minimum atomic E-state index is -0.521. The fraction of sp³-hybridized carbons (Fsp3) is 0.310. The van der Waals surface area contributed by atoms with E-state index < -0.39 is 5.54 Å². The predicted octanol–water partition coefficient (Wildman–Crippen LogP) is 3.27. The maximum absolute atomic E-state index is 13.5. The summed E-state index contributed by atoms with van der Waals surface area (Å²) in [7, 11) is 1.64. The average Bonchev–Trinajstić information content (AvgIpc) is 3.40. The van der Waals surface area contributed by atoms with Crippen LogP contribution in [0.5, 0.6) is 5.75 Å². The summed E-state index contributed by atoms with van der Waals surface area (Å²) in [6, 6.07) is 19.3. The third-order valence-electron chi connectivity index (χ3n) is 7.13. The predicted molar refractivity (Wildman–Crippen MR) is 150 cm³/mol. The van der Waals surface area contributed by atoms with Crippen LogP contribution in [0.2, 0.25) is 0 Å². The fourth-order valence-electron chi connectivity index (χ4n) is 4.90. The van der Waals surface area contributed by atoms with Gasteiger partial charge in [0.2, 0.25) is 5.91 Å². The Morgan fingerprint density at radius 2 is 1.82 bits per heavy atom. The molecule has 39 heavy (non-hydrogen) atoms. The number of likely N-dealkylation sites (tertiary alicyclic amines) is 1. The van der Waals surface area contributed by atoms with E-state index in [0.29, 0.717) is 67.4 Å². The molecule has 1 saturated heterocycles. The van der Waals surface area contributed by atoms with Gasteiger partial charge >= 0.3 is 0 Å². The van der Waals surface area contributed by atoms with E-state index in [1.807, 2.05) is 59.5 Å². The van der Waals surface area contributed by atoms with Crippen molar-refractivity contribution in [1.29, 1.82) is 0 Å². The van der Waals surface area contributed by atoms with Crippen molar-refractivity contribution < 1.29 is 14.3 Å². The number of carbonyl (C=O) groups is 2. The van der Waals surface area contributed by atoms with Crippen molar-refractivity contribution in [3.05, 3.63) is 71.9 Å². The monoisotopic (exact) mass is 527 g/mol. The van der Waals surface area contributed by atoms with Crippen molar-refractivity contribution in [3.63, 3.8) is 0 Å². The summed E-state index contributed by atoms with van der Waals surface area (Å²) in [4.78, 5) is 39.3. The number of nitrogens with two attached hydrogens (primary N) is 1. The average molecular weight is 528 g/mol. The minimum absolute atomic E-state index is 0.0985. The van der Waals surface area contributed by atoms with Gasteiger partial charge in [-0.3, -0.25) is 9.59 Å². The lowest BCUT2D eigenvalue weighted by Gasteiger charge is -2.39. The summed E-state index contributed by atoms with van der Waals surface area (Å²) in [5.41, 5.74) is 9.14. The van der Waals surface area contributed by atoms with E-state index in [4.69, 9.17) is 20.4 Å². The van der Waals surface area contributed by atoms with Crippen molar-refractivity contribution in [2.75, 3.05) is 38.6 Å². The van der Waals surface area contributed by atoms with Gasteiger partial charge in [-0.05, 0) is 36.6 Å².